The van der Waals surface area contributed by atoms with Crippen LogP contribution in [0, 0.1) is 5.41 Å². The molecule has 3 amide bonds. The summed E-state index contributed by atoms with van der Waals surface area (Å²) in [7, 11) is 1.52. The van der Waals surface area contributed by atoms with Gasteiger partial charge in [0.05, 0.1) is 18.2 Å². The molecule has 31 heavy (non-hydrogen) atoms. The molecule has 1 saturated heterocycles. The Balaban J connectivity index is 1.54. The molecule has 1 aromatic rings. The van der Waals surface area contributed by atoms with Crippen LogP contribution in [0.5, 0.6) is 5.75 Å². The van der Waals surface area contributed by atoms with Crippen molar-refractivity contribution in [1.82, 2.24) is 10.2 Å². The van der Waals surface area contributed by atoms with Crippen LogP contribution in [0.25, 0.3) is 0 Å². The smallest absolute Gasteiger partial charge is 0.419 e. The van der Waals surface area contributed by atoms with Gasteiger partial charge >= 0.3 is 18.3 Å². The zero-order valence-electron chi connectivity index (χ0n) is 17.2. The number of carbonyl (C=O) groups excluding carboxylic acids is 2. The van der Waals surface area contributed by atoms with E-state index in [-0.39, 0.29) is 13.0 Å². The number of carbonyl (C=O) groups is 2. The van der Waals surface area contributed by atoms with Gasteiger partial charge in [-0.1, -0.05) is 43.4 Å². The van der Waals surface area contributed by atoms with E-state index in [1.54, 1.807) is 31.2 Å². The highest BCUT2D eigenvalue weighted by Crippen LogP contribution is 2.57. The Morgan fingerprint density at radius 2 is 2.03 bits per heavy atom. The third-order valence-corrected chi connectivity index (χ3v) is 6.19. The second kappa shape index (κ2) is 7.32. The molecular formula is C22H23F3N2O4. The van der Waals surface area contributed by atoms with E-state index in [2.05, 4.69) is 5.32 Å². The van der Waals surface area contributed by atoms with E-state index in [1.807, 2.05) is 0 Å². The molecule has 2 fully saturated rings. The lowest BCUT2D eigenvalue weighted by atomic mass is 9.73. The lowest BCUT2D eigenvalue weighted by molar-refractivity contribution is -0.0902. The number of nitrogens with zero attached hydrogens (tertiary/aromatic N) is 1. The van der Waals surface area contributed by atoms with Crippen LogP contribution in [-0.2, 0) is 11.3 Å². The van der Waals surface area contributed by atoms with E-state index in [4.69, 9.17) is 9.47 Å². The Kier molecular flexibility index (Phi) is 5.02. The van der Waals surface area contributed by atoms with Crippen LogP contribution < -0.4 is 10.1 Å². The number of alkyl halides is 3. The van der Waals surface area contributed by atoms with Crippen molar-refractivity contribution in [2.24, 2.45) is 5.41 Å². The van der Waals surface area contributed by atoms with Gasteiger partial charge in [0, 0.05) is 17.5 Å². The minimum Gasteiger partial charge on any atom is -0.496 e. The molecule has 6 nitrogen and oxygen atoms in total. The molecule has 2 aliphatic carbocycles. The molecule has 1 saturated carbocycles. The number of rotatable bonds is 4. The summed E-state index contributed by atoms with van der Waals surface area (Å²) < 4.78 is 50.6. The summed E-state index contributed by atoms with van der Waals surface area (Å²) >= 11 is 0. The predicted molar refractivity (Wildman–Crippen MR) is 105 cm³/mol. The highest BCUT2D eigenvalue weighted by molar-refractivity contribution is 5.94. The number of allylic oxidation sites excluding steroid dienone is 3. The maximum atomic E-state index is 13.3. The van der Waals surface area contributed by atoms with Crippen molar-refractivity contribution in [2.45, 2.75) is 50.6 Å². The van der Waals surface area contributed by atoms with Gasteiger partial charge in [0.2, 0.25) is 0 Å². The van der Waals surface area contributed by atoms with Crippen LogP contribution in [0.4, 0.5) is 22.8 Å². The fourth-order valence-electron chi connectivity index (χ4n) is 4.57. The molecule has 0 aromatic heterocycles. The van der Waals surface area contributed by atoms with Crippen molar-refractivity contribution in [3.63, 3.8) is 0 Å². The molecule has 9 heteroatoms. The third-order valence-electron chi connectivity index (χ3n) is 6.19. The Hall–Kier alpha value is -2.97. The number of amides is 3. The maximum absolute atomic E-state index is 13.3. The predicted octanol–water partition coefficient (Wildman–Crippen LogP) is 4.71. The summed E-state index contributed by atoms with van der Waals surface area (Å²) in [6.07, 6.45) is -1.33. The Labute approximate surface area is 177 Å². The van der Waals surface area contributed by atoms with Crippen molar-refractivity contribution in [2.75, 3.05) is 7.11 Å². The van der Waals surface area contributed by atoms with Crippen LogP contribution in [0.1, 0.15) is 31.7 Å². The first-order chi connectivity index (χ1) is 14.6. The van der Waals surface area contributed by atoms with E-state index in [1.165, 1.54) is 13.2 Å². The summed E-state index contributed by atoms with van der Waals surface area (Å²) in [4.78, 5) is 26.6. The highest BCUT2D eigenvalue weighted by Gasteiger charge is 2.69. The summed E-state index contributed by atoms with van der Waals surface area (Å²) in [6.45, 7) is 1.77. The number of hydrogen-bond donors (Lipinski definition) is 1. The molecule has 1 N–H and O–H groups in total. The van der Waals surface area contributed by atoms with Gasteiger partial charge in [-0.2, -0.15) is 13.2 Å². The average molecular weight is 436 g/mol. The van der Waals surface area contributed by atoms with Crippen molar-refractivity contribution in [1.29, 1.82) is 0 Å². The molecule has 0 radical (unpaired) electrons. The van der Waals surface area contributed by atoms with Gasteiger partial charge < -0.3 is 14.8 Å². The van der Waals surface area contributed by atoms with Crippen molar-refractivity contribution in [3.8, 4) is 5.75 Å². The lowest BCUT2D eigenvalue weighted by Crippen LogP contribution is -2.51. The van der Waals surface area contributed by atoms with Crippen LogP contribution in [0.3, 0.4) is 0 Å². The standard InChI is InChI=1S/C22H23F3N2O4/c1-20(9-5-7-15(12-20)22(23,24)25)17-21(10-11-21)27(19(29)31-17)18(28)26-13-14-6-3-4-8-16(14)30-2/h3-8,12,17H,9-11,13H2,1-2H3,(H,26,28)/t17-,20?/m1/s1. The van der Waals surface area contributed by atoms with E-state index < -0.39 is 40.9 Å². The molecule has 3 aliphatic rings. The number of halogens is 3. The topological polar surface area (TPSA) is 67.9 Å². The van der Waals surface area contributed by atoms with Gasteiger partial charge in [-0.25, -0.2) is 14.5 Å². The summed E-state index contributed by atoms with van der Waals surface area (Å²) in [6, 6.07) is 6.51. The summed E-state index contributed by atoms with van der Waals surface area (Å²) in [5.74, 6) is 0.595. The zero-order valence-corrected chi connectivity index (χ0v) is 17.2. The molecule has 1 aromatic carbocycles. The quantitative estimate of drug-likeness (QED) is 0.742. The van der Waals surface area contributed by atoms with Gasteiger partial charge in [-0.3, -0.25) is 0 Å². The number of ether oxygens (including phenoxy) is 2. The molecule has 1 spiro atoms. The Bertz CT molecular complexity index is 968. The molecule has 166 valence electrons. The van der Waals surface area contributed by atoms with Crippen LogP contribution in [-0.4, -0.2) is 42.0 Å². The Morgan fingerprint density at radius 3 is 2.68 bits per heavy atom. The SMILES string of the molecule is COc1ccccc1CNC(=O)N1C(=O)O[C@H](C2(C)C=C(C(F)(F)F)C=CC2)C12CC2. The van der Waals surface area contributed by atoms with Crippen LogP contribution in [0.15, 0.2) is 48.1 Å². The van der Waals surface area contributed by atoms with Crippen molar-refractivity contribution >= 4 is 12.1 Å². The minimum absolute atomic E-state index is 0.130. The number of imide groups is 1. The lowest BCUT2D eigenvalue weighted by Gasteiger charge is -2.37. The number of hydrogen-bond acceptors (Lipinski definition) is 4. The molecular weight excluding hydrogens is 413 g/mol. The van der Waals surface area contributed by atoms with Gasteiger partial charge in [0.25, 0.3) is 0 Å². The van der Waals surface area contributed by atoms with E-state index in [9.17, 15) is 22.8 Å². The van der Waals surface area contributed by atoms with Gasteiger partial charge in [0.1, 0.15) is 11.9 Å². The average Bonchev–Trinajstić information content (AvgIpc) is 3.44. The maximum Gasteiger partial charge on any atom is 0.419 e. The first-order valence-electron chi connectivity index (χ1n) is 9.98. The first kappa shape index (κ1) is 21.3. The van der Waals surface area contributed by atoms with E-state index >= 15 is 0 Å². The first-order valence-corrected chi connectivity index (χ1v) is 9.98. The van der Waals surface area contributed by atoms with Crippen molar-refractivity contribution < 1.29 is 32.2 Å². The van der Waals surface area contributed by atoms with Gasteiger partial charge in [-0.05, 0) is 25.3 Å². The van der Waals surface area contributed by atoms with Gasteiger partial charge in [0.15, 0.2) is 0 Å². The third kappa shape index (κ3) is 3.66. The van der Waals surface area contributed by atoms with E-state index in [0.29, 0.717) is 18.6 Å². The number of methoxy groups -OCH3 is 1. The fourth-order valence-corrected chi connectivity index (χ4v) is 4.57. The second-order valence-corrected chi connectivity index (χ2v) is 8.38. The highest BCUT2D eigenvalue weighted by atomic mass is 19.4. The molecule has 1 unspecified atom stereocenters. The Morgan fingerprint density at radius 1 is 1.32 bits per heavy atom. The number of benzene rings is 1. The number of para-hydroxylation sites is 1. The number of nitrogens with one attached hydrogen (secondary N) is 1. The second-order valence-electron chi connectivity index (χ2n) is 8.38. The molecule has 1 aliphatic heterocycles. The van der Waals surface area contributed by atoms with Crippen molar-refractivity contribution in [3.05, 3.63) is 53.6 Å². The van der Waals surface area contributed by atoms with Crippen LogP contribution in [0.2, 0.25) is 0 Å². The molecule has 2 atom stereocenters. The van der Waals surface area contributed by atoms with E-state index in [0.717, 1.165) is 22.6 Å². The largest absolute Gasteiger partial charge is 0.496 e. The molecule has 0 bridgehead atoms. The molecule has 4 rings (SSSR count). The summed E-state index contributed by atoms with van der Waals surface area (Å²) in [5.41, 5.74) is -2.04. The van der Waals surface area contributed by atoms with Gasteiger partial charge in [-0.15, -0.1) is 0 Å². The normalized spacial score (nSPS) is 26.5. The number of cyclic esters (lactones) is 1. The minimum atomic E-state index is -4.50. The number of urea groups is 1. The fraction of sp³-hybridized carbons (Fsp3) is 0.455. The zero-order chi connectivity index (χ0) is 22.4. The molecule has 1 heterocycles. The monoisotopic (exact) mass is 436 g/mol. The summed E-state index contributed by atoms with van der Waals surface area (Å²) in [5, 5.41) is 2.71. The van der Waals surface area contributed by atoms with Crippen LogP contribution >= 0.6 is 0 Å².